The summed E-state index contributed by atoms with van der Waals surface area (Å²) in [6.07, 6.45) is 5.71. The summed E-state index contributed by atoms with van der Waals surface area (Å²) in [5.74, 6) is 1.45. The number of imidazole rings is 1. The minimum Gasteiger partial charge on any atom is -0.378 e. The molecule has 1 saturated heterocycles. The monoisotopic (exact) mass is 496 g/mol. The third kappa shape index (κ3) is 4.56. The lowest BCUT2D eigenvalue weighted by molar-refractivity contribution is 0.122. The van der Waals surface area contributed by atoms with E-state index >= 15 is 0 Å². The molecule has 0 bridgehead atoms. The SMILES string of the molecule is Cl.Clc1ccc(Nc2cc(-c3ccc4ncn(C5CCC5)c4c3)nc(N3CCOCC3)n2)cc1. The van der Waals surface area contributed by atoms with Gasteiger partial charge in [-0.05, 0) is 55.7 Å². The summed E-state index contributed by atoms with van der Waals surface area (Å²) < 4.78 is 7.85. The fourth-order valence-corrected chi connectivity index (χ4v) is 4.50. The van der Waals surface area contributed by atoms with Crippen molar-refractivity contribution in [3.8, 4) is 11.3 Å². The average Bonchev–Trinajstić information content (AvgIpc) is 3.23. The van der Waals surface area contributed by atoms with Gasteiger partial charge in [-0.2, -0.15) is 4.98 Å². The number of benzene rings is 2. The quantitative estimate of drug-likeness (QED) is 0.372. The van der Waals surface area contributed by atoms with Gasteiger partial charge in [-0.3, -0.25) is 0 Å². The maximum Gasteiger partial charge on any atom is 0.228 e. The first-order valence-corrected chi connectivity index (χ1v) is 11.8. The summed E-state index contributed by atoms with van der Waals surface area (Å²) in [5, 5.41) is 4.12. The van der Waals surface area contributed by atoms with E-state index in [1.807, 2.05) is 36.7 Å². The Balaban J connectivity index is 0.00000241. The predicted octanol–water partition coefficient (Wildman–Crippen LogP) is 5.87. The van der Waals surface area contributed by atoms with E-state index in [2.05, 4.69) is 38.0 Å². The van der Waals surface area contributed by atoms with Gasteiger partial charge in [0.1, 0.15) is 5.82 Å². The molecule has 176 valence electrons. The van der Waals surface area contributed by atoms with Crippen LogP contribution in [-0.2, 0) is 4.74 Å². The Bertz CT molecular complexity index is 1280. The van der Waals surface area contributed by atoms with Crippen molar-refractivity contribution < 1.29 is 4.74 Å². The highest BCUT2D eigenvalue weighted by molar-refractivity contribution is 6.30. The first-order chi connectivity index (χ1) is 16.2. The van der Waals surface area contributed by atoms with E-state index in [4.69, 9.17) is 26.3 Å². The van der Waals surface area contributed by atoms with Crippen LogP contribution in [-0.4, -0.2) is 45.8 Å². The van der Waals surface area contributed by atoms with Gasteiger partial charge in [-0.25, -0.2) is 9.97 Å². The minimum atomic E-state index is 0. The van der Waals surface area contributed by atoms with Gasteiger partial charge in [0.25, 0.3) is 0 Å². The second-order valence-electron chi connectivity index (χ2n) is 8.61. The predicted molar refractivity (Wildman–Crippen MR) is 139 cm³/mol. The van der Waals surface area contributed by atoms with Crippen molar-refractivity contribution in [1.82, 2.24) is 19.5 Å². The summed E-state index contributed by atoms with van der Waals surface area (Å²) in [7, 11) is 0. The van der Waals surface area contributed by atoms with Gasteiger partial charge < -0.3 is 19.5 Å². The van der Waals surface area contributed by atoms with Crippen LogP contribution >= 0.6 is 24.0 Å². The number of aromatic nitrogens is 4. The molecule has 0 radical (unpaired) electrons. The van der Waals surface area contributed by atoms with Crippen molar-refractivity contribution in [3.05, 3.63) is 59.9 Å². The molecule has 0 amide bonds. The molecule has 1 N–H and O–H groups in total. The van der Waals surface area contributed by atoms with Crippen LogP contribution in [0, 0.1) is 0 Å². The molecule has 7 nitrogen and oxygen atoms in total. The molecule has 6 rings (SSSR count). The minimum absolute atomic E-state index is 0. The van der Waals surface area contributed by atoms with Gasteiger partial charge in [0.05, 0.1) is 36.3 Å². The molecule has 2 aromatic carbocycles. The molecule has 9 heteroatoms. The smallest absolute Gasteiger partial charge is 0.228 e. The van der Waals surface area contributed by atoms with Crippen LogP contribution in [0.25, 0.3) is 22.3 Å². The Morgan fingerprint density at radius 2 is 1.76 bits per heavy atom. The van der Waals surface area contributed by atoms with Crippen LogP contribution < -0.4 is 10.2 Å². The lowest BCUT2D eigenvalue weighted by Gasteiger charge is -2.28. The van der Waals surface area contributed by atoms with Crippen LogP contribution in [0.5, 0.6) is 0 Å². The molecule has 3 heterocycles. The van der Waals surface area contributed by atoms with E-state index in [0.717, 1.165) is 46.9 Å². The van der Waals surface area contributed by atoms with Gasteiger partial charge in [0.2, 0.25) is 5.95 Å². The zero-order valence-corrected chi connectivity index (χ0v) is 20.2. The number of nitrogens with one attached hydrogen (secondary N) is 1. The maximum absolute atomic E-state index is 6.06. The van der Waals surface area contributed by atoms with E-state index in [-0.39, 0.29) is 12.4 Å². The van der Waals surface area contributed by atoms with Gasteiger partial charge in [0.15, 0.2) is 0 Å². The molecule has 0 atom stereocenters. The standard InChI is InChI=1S/C25H25ClN6O.ClH/c26-18-5-7-19(8-6-18)28-24-15-22(29-25(30-24)31-10-12-33-13-11-31)17-4-9-21-23(14-17)32(16-27-21)20-2-1-3-20;/h4-9,14-16,20H,1-3,10-13H2,(H,28,29,30);1H. The largest absolute Gasteiger partial charge is 0.378 e. The molecule has 2 aromatic heterocycles. The van der Waals surface area contributed by atoms with Crippen molar-refractivity contribution in [3.63, 3.8) is 0 Å². The number of hydrogen-bond donors (Lipinski definition) is 1. The summed E-state index contributed by atoms with van der Waals surface area (Å²) in [6, 6.07) is 16.6. The van der Waals surface area contributed by atoms with E-state index in [1.165, 1.54) is 19.3 Å². The number of hydrogen-bond acceptors (Lipinski definition) is 6. The highest BCUT2D eigenvalue weighted by Crippen LogP contribution is 2.35. The fraction of sp³-hybridized carbons (Fsp3) is 0.320. The lowest BCUT2D eigenvalue weighted by atomic mass is 9.93. The second-order valence-corrected chi connectivity index (χ2v) is 9.05. The van der Waals surface area contributed by atoms with Gasteiger partial charge in [-0.1, -0.05) is 17.7 Å². The molecule has 2 fully saturated rings. The Morgan fingerprint density at radius 3 is 2.50 bits per heavy atom. The molecule has 4 aromatic rings. The Morgan fingerprint density at radius 1 is 0.971 bits per heavy atom. The summed E-state index contributed by atoms with van der Waals surface area (Å²) in [4.78, 5) is 16.6. The number of fused-ring (bicyclic) bond motifs is 1. The van der Waals surface area contributed by atoms with Crippen molar-refractivity contribution >= 4 is 52.5 Å². The third-order valence-corrected chi connectivity index (χ3v) is 6.72. The zero-order valence-electron chi connectivity index (χ0n) is 18.7. The van der Waals surface area contributed by atoms with Gasteiger partial charge in [-0.15, -0.1) is 12.4 Å². The van der Waals surface area contributed by atoms with Crippen molar-refractivity contribution in [1.29, 1.82) is 0 Å². The van der Waals surface area contributed by atoms with Crippen LogP contribution in [0.15, 0.2) is 54.9 Å². The number of halogens is 2. The van der Waals surface area contributed by atoms with E-state index in [1.54, 1.807) is 0 Å². The van der Waals surface area contributed by atoms with Gasteiger partial charge in [0, 0.05) is 41.5 Å². The number of morpholine rings is 1. The highest BCUT2D eigenvalue weighted by Gasteiger charge is 2.22. The van der Waals surface area contributed by atoms with E-state index in [0.29, 0.717) is 30.2 Å². The Labute approximate surface area is 209 Å². The van der Waals surface area contributed by atoms with Crippen LogP contribution in [0.1, 0.15) is 25.3 Å². The molecule has 34 heavy (non-hydrogen) atoms. The number of anilines is 3. The van der Waals surface area contributed by atoms with Crippen LogP contribution in [0.4, 0.5) is 17.5 Å². The third-order valence-electron chi connectivity index (χ3n) is 6.46. The summed E-state index contributed by atoms with van der Waals surface area (Å²) in [5.41, 5.74) is 5.05. The van der Waals surface area contributed by atoms with Crippen molar-refractivity contribution in [2.45, 2.75) is 25.3 Å². The summed E-state index contributed by atoms with van der Waals surface area (Å²) >= 11 is 6.06. The maximum atomic E-state index is 6.06. The Kier molecular flexibility index (Phi) is 6.59. The van der Waals surface area contributed by atoms with Crippen molar-refractivity contribution in [2.24, 2.45) is 0 Å². The molecule has 1 saturated carbocycles. The molecule has 0 spiro atoms. The van der Waals surface area contributed by atoms with Crippen molar-refractivity contribution in [2.75, 3.05) is 36.5 Å². The van der Waals surface area contributed by atoms with Gasteiger partial charge >= 0.3 is 0 Å². The molecule has 1 aliphatic heterocycles. The first kappa shape index (κ1) is 22.9. The molecular weight excluding hydrogens is 471 g/mol. The van der Waals surface area contributed by atoms with Crippen LogP contribution in [0.2, 0.25) is 5.02 Å². The number of rotatable bonds is 5. The topological polar surface area (TPSA) is 68.1 Å². The first-order valence-electron chi connectivity index (χ1n) is 11.4. The highest BCUT2D eigenvalue weighted by atomic mass is 35.5. The zero-order chi connectivity index (χ0) is 22.2. The molecule has 2 aliphatic rings. The van der Waals surface area contributed by atoms with E-state index in [9.17, 15) is 0 Å². The van der Waals surface area contributed by atoms with E-state index < -0.39 is 0 Å². The normalized spacial score (nSPS) is 16.2. The number of ether oxygens (including phenoxy) is 1. The average molecular weight is 497 g/mol. The fourth-order valence-electron chi connectivity index (χ4n) is 4.37. The summed E-state index contributed by atoms with van der Waals surface area (Å²) in [6.45, 7) is 2.91. The molecular formula is C25H26Cl2N6O. The molecule has 0 unspecified atom stereocenters. The lowest BCUT2D eigenvalue weighted by Crippen LogP contribution is -2.37. The molecule has 1 aliphatic carbocycles. The Hall–Kier alpha value is -2.87. The number of nitrogens with zero attached hydrogens (tertiary/aromatic N) is 5. The second kappa shape index (κ2) is 9.78. The van der Waals surface area contributed by atoms with Crippen LogP contribution in [0.3, 0.4) is 0 Å².